The van der Waals surface area contributed by atoms with Crippen LogP contribution in [0.25, 0.3) is 10.9 Å². The molecule has 3 aromatic rings. The van der Waals surface area contributed by atoms with E-state index in [2.05, 4.69) is 15.3 Å². The van der Waals surface area contributed by atoms with Gasteiger partial charge in [-0.25, -0.2) is 4.98 Å². The van der Waals surface area contributed by atoms with Gasteiger partial charge in [0.25, 0.3) is 11.2 Å². The fourth-order valence-electron chi connectivity index (χ4n) is 2.61. The highest BCUT2D eigenvalue weighted by Crippen LogP contribution is 2.29. The minimum Gasteiger partial charge on any atom is -0.495 e. The first-order valence-electron chi connectivity index (χ1n) is 8.08. The molecule has 9 nitrogen and oxygen atoms in total. The van der Waals surface area contributed by atoms with E-state index in [1.807, 2.05) is 0 Å². The lowest BCUT2D eigenvalue weighted by molar-refractivity contribution is -0.384. The summed E-state index contributed by atoms with van der Waals surface area (Å²) in [7, 11) is 1.40. The van der Waals surface area contributed by atoms with E-state index in [9.17, 15) is 19.7 Å². The van der Waals surface area contributed by atoms with E-state index in [0.29, 0.717) is 22.5 Å². The minimum atomic E-state index is -0.557. The Morgan fingerprint density at radius 1 is 1.30 bits per heavy atom. The number of benzene rings is 2. The summed E-state index contributed by atoms with van der Waals surface area (Å²) in [5.74, 6) is 0.315. The Balaban J connectivity index is 1.73. The highest BCUT2D eigenvalue weighted by Gasteiger charge is 2.14. The van der Waals surface area contributed by atoms with Crippen LogP contribution in [0.2, 0.25) is 0 Å². The topological polar surface area (TPSA) is 127 Å². The molecule has 0 atom stereocenters. The zero-order valence-corrected chi connectivity index (χ0v) is 14.4. The first-order valence-corrected chi connectivity index (χ1v) is 8.08. The van der Waals surface area contributed by atoms with E-state index in [0.717, 1.165) is 0 Å². The molecule has 0 saturated carbocycles. The molecule has 27 heavy (non-hydrogen) atoms. The Morgan fingerprint density at radius 3 is 2.81 bits per heavy atom. The van der Waals surface area contributed by atoms with Gasteiger partial charge < -0.3 is 15.0 Å². The molecule has 0 fully saturated rings. The van der Waals surface area contributed by atoms with E-state index < -0.39 is 4.92 Å². The van der Waals surface area contributed by atoms with E-state index in [1.165, 1.54) is 25.3 Å². The van der Waals surface area contributed by atoms with Gasteiger partial charge in [-0.1, -0.05) is 12.1 Å². The zero-order chi connectivity index (χ0) is 19.4. The minimum absolute atomic E-state index is 0.0348. The van der Waals surface area contributed by atoms with Crippen molar-refractivity contribution >= 4 is 28.2 Å². The first-order chi connectivity index (χ1) is 13.0. The standard InChI is InChI=1S/C18H16N4O5/c1-27-15-7-6-11(22(25)26)10-14(15)20-17(23)9-8-16-19-13-5-3-2-4-12(13)18(24)21-16/h2-7,10H,8-9H2,1H3,(H,20,23)(H,19,21,24). The van der Waals surface area contributed by atoms with E-state index in [1.54, 1.807) is 24.3 Å². The van der Waals surface area contributed by atoms with Gasteiger partial charge in [0.1, 0.15) is 11.6 Å². The van der Waals surface area contributed by atoms with Gasteiger partial charge in [0.2, 0.25) is 5.91 Å². The number of aryl methyl sites for hydroxylation is 1. The van der Waals surface area contributed by atoms with Gasteiger partial charge in [0.05, 0.1) is 28.6 Å². The Labute approximate surface area is 153 Å². The summed E-state index contributed by atoms with van der Waals surface area (Å²) in [5.41, 5.74) is 0.330. The van der Waals surface area contributed by atoms with Crippen LogP contribution in [0.15, 0.2) is 47.3 Å². The van der Waals surface area contributed by atoms with Crippen molar-refractivity contribution < 1.29 is 14.5 Å². The number of amides is 1. The molecule has 9 heteroatoms. The van der Waals surface area contributed by atoms with Crippen molar-refractivity contribution in [3.05, 3.63) is 68.8 Å². The third-order valence-electron chi connectivity index (χ3n) is 3.92. The number of nitrogens with zero attached hydrogens (tertiary/aromatic N) is 2. The number of carbonyl (C=O) groups excluding carboxylic acids is 1. The molecule has 0 bridgehead atoms. The molecule has 1 heterocycles. The van der Waals surface area contributed by atoms with E-state index in [4.69, 9.17) is 4.74 Å². The normalized spacial score (nSPS) is 10.6. The predicted molar refractivity (Wildman–Crippen MR) is 99.0 cm³/mol. The largest absolute Gasteiger partial charge is 0.495 e. The second kappa shape index (κ2) is 7.65. The maximum atomic E-state index is 12.2. The number of nitrogens with one attached hydrogen (secondary N) is 2. The second-order valence-electron chi connectivity index (χ2n) is 5.72. The van der Waals surface area contributed by atoms with Crippen molar-refractivity contribution in [1.29, 1.82) is 0 Å². The molecule has 2 aromatic carbocycles. The molecule has 3 rings (SSSR count). The van der Waals surface area contributed by atoms with E-state index in [-0.39, 0.29) is 35.7 Å². The second-order valence-corrected chi connectivity index (χ2v) is 5.72. The van der Waals surface area contributed by atoms with Crippen molar-refractivity contribution in [3.63, 3.8) is 0 Å². The monoisotopic (exact) mass is 368 g/mol. The highest BCUT2D eigenvalue weighted by molar-refractivity contribution is 5.92. The molecule has 0 spiro atoms. The highest BCUT2D eigenvalue weighted by atomic mass is 16.6. The summed E-state index contributed by atoms with van der Waals surface area (Å²) >= 11 is 0. The Hall–Kier alpha value is -3.75. The molecule has 1 amide bonds. The smallest absolute Gasteiger partial charge is 0.271 e. The average Bonchev–Trinajstić information content (AvgIpc) is 2.66. The van der Waals surface area contributed by atoms with Crippen molar-refractivity contribution in [2.45, 2.75) is 12.8 Å². The van der Waals surface area contributed by atoms with Gasteiger partial charge in [-0.15, -0.1) is 0 Å². The molecule has 0 aliphatic rings. The lowest BCUT2D eigenvalue weighted by Gasteiger charge is -2.10. The SMILES string of the molecule is COc1ccc([N+](=O)[O-])cc1NC(=O)CCc1nc2ccccc2c(=O)[nH]1. The van der Waals surface area contributed by atoms with Crippen LogP contribution in [0.1, 0.15) is 12.2 Å². The number of nitro groups is 1. The molecule has 0 unspecified atom stereocenters. The number of para-hydroxylation sites is 1. The number of H-pyrrole nitrogens is 1. The van der Waals surface area contributed by atoms with Crippen LogP contribution in [0, 0.1) is 10.1 Å². The van der Waals surface area contributed by atoms with Gasteiger partial charge in [0.15, 0.2) is 0 Å². The van der Waals surface area contributed by atoms with Crippen molar-refractivity contribution in [2.24, 2.45) is 0 Å². The number of aromatic nitrogens is 2. The molecule has 1 aromatic heterocycles. The van der Waals surface area contributed by atoms with E-state index >= 15 is 0 Å². The van der Waals surface area contributed by atoms with Crippen LogP contribution in [0.4, 0.5) is 11.4 Å². The molecule has 2 N–H and O–H groups in total. The number of nitro benzene ring substituents is 1. The molecule has 0 saturated heterocycles. The zero-order valence-electron chi connectivity index (χ0n) is 14.4. The summed E-state index contributed by atoms with van der Waals surface area (Å²) in [5, 5.41) is 14.0. The van der Waals surface area contributed by atoms with Crippen LogP contribution in [0.5, 0.6) is 5.75 Å². The number of anilines is 1. The number of rotatable bonds is 6. The molecule has 0 aliphatic heterocycles. The number of ether oxygens (including phenoxy) is 1. The maximum absolute atomic E-state index is 12.2. The molecule has 0 aliphatic carbocycles. The summed E-state index contributed by atoms with van der Waals surface area (Å²) in [6.07, 6.45) is 0.246. The Kier molecular flexibility index (Phi) is 5.11. The lowest BCUT2D eigenvalue weighted by atomic mass is 10.2. The number of hydrogen-bond donors (Lipinski definition) is 2. The molecular formula is C18H16N4O5. The summed E-state index contributed by atoms with van der Waals surface area (Å²) in [4.78, 5) is 41.6. The summed E-state index contributed by atoms with van der Waals surface area (Å²) in [6, 6.07) is 10.9. The quantitative estimate of drug-likeness (QED) is 0.508. The third-order valence-corrected chi connectivity index (χ3v) is 3.92. The fraction of sp³-hybridized carbons (Fsp3) is 0.167. The van der Waals surface area contributed by atoms with Crippen LogP contribution >= 0.6 is 0 Å². The van der Waals surface area contributed by atoms with Gasteiger partial charge in [-0.2, -0.15) is 0 Å². The lowest BCUT2D eigenvalue weighted by Crippen LogP contribution is -2.16. The number of carbonyl (C=O) groups is 1. The predicted octanol–water partition coefficient (Wildman–Crippen LogP) is 2.41. The molecule has 0 radical (unpaired) electrons. The van der Waals surface area contributed by atoms with Crippen LogP contribution in [0.3, 0.4) is 0 Å². The Bertz CT molecular complexity index is 1080. The van der Waals surface area contributed by atoms with Crippen LogP contribution in [-0.4, -0.2) is 27.9 Å². The summed E-state index contributed by atoms with van der Waals surface area (Å²) < 4.78 is 5.11. The van der Waals surface area contributed by atoms with Gasteiger partial charge >= 0.3 is 0 Å². The fourth-order valence-corrected chi connectivity index (χ4v) is 2.61. The molecule has 138 valence electrons. The number of fused-ring (bicyclic) bond motifs is 1. The van der Waals surface area contributed by atoms with Crippen LogP contribution in [-0.2, 0) is 11.2 Å². The number of hydrogen-bond acceptors (Lipinski definition) is 6. The van der Waals surface area contributed by atoms with Gasteiger partial charge in [-0.3, -0.25) is 19.7 Å². The summed E-state index contributed by atoms with van der Waals surface area (Å²) in [6.45, 7) is 0. The molecular weight excluding hydrogens is 352 g/mol. The van der Waals surface area contributed by atoms with Gasteiger partial charge in [0, 0.05) is 25.0 Å². The third kappa shape index (κ3) is 4.09. The Morgan fingerprint density at radius 2 is 2.07 bits per heavy atom. The maximum Gasteiger partial charge on any atom is 0.271 e. The number of aromatic amines is 1. The number of non-ortho nitro benzene ring substituents is 1. The first kappa shape index (κ1) is 18.1. The van der Waals surface area contributed by atoms with Crippen LogP contribution < -0.4 is 15.6 Å². The van der Waals surface area contributed by atoms with Crippen molar-refractivity contribution in [1.82, 2.24) is 9.97 Å². The number of methoxy groups -OCH3 is 1. The van der Waals surface area contributed by atoms with Crippen molar-refractivity contribution in [2.75, 3.05) is 12.4 Å². The average molecular weight is 368 g/mol. The van der Waals surface area contributed by atoms with Gasteiger partial charge in [-0.05, 0) is 18.2 Å². The van der Waals surface area contributed by atoms with Crippen molar-refractivity contribution in [3.8, 4) is 5.75 Å².